The van der Waals surface area contributed by atoms with Crippen LogP contribution in [0.3, 0.4) is 0 Å². The number of benzene rings is 1. The van der Waals surface area contributed by atoms with Gasteiger partial charge in [0.05, 0.1) is 0 Å². The Balaban J connectivity index is 2.65. The third kappa shape index (κ3) is 3.50. The monoisotopic (exact) mass is 193 g/mol. The molecule has 13 heavy (non-hydrogen) atoms. The fourth-order valence-electron chi connectivity index (χ4n) is 0.914. The van der Waals surface area contributed by atoms with Crippen molar-refractivity contribution in [2.75, 3.05) is 6.54 Å². The number of nitrogens with two attached hydrogens (primary N) is 1. The molecule has 1 aromatic carbocycles. The van der Waals surface area contributed by atoms with Gasteiger partial charge in [-0.05, 0) is 17.7 Å². The van der Waals surface area contributed by atoms with Crippen LogP contribution < -0.4 is 5.73 Å². The van der Waals surface area contributed by atoms with E-state index in [2.05, 4.69) is 11.8 Å². The normalized spacial score (nSPS) is 9.08. The van der Waals surface area contributed by atoms with Gasteiger partial charge in [0.15, 0.2) is 0 Å². The van der Waals surface area contributed by atoms with E-state index in [4.69, 9.17) is 17.3 Å². The van der Waals surface area contributed by atoms with E-state index in [0.29, 0.717) is 12.4 Å². The second-order valence-corrected chi connectivity index (χ2v) is 2.94. The Hall–Kier alpha value is -0.970. The second-order valence-electron chi connectivity index (χ2n) is 2.67. The van der Waals surface area contributed by atoms with Gasteiger partial charge in [0.25, 0.3) is 0 Å². The number of halogens is 1. The summed E-state index contributed by atoms with van der Waals surface area (Å²) in [4.78, 5) is 0. The number of hydrogen-bond donors (Lipinski definition) is 1. The molecule has 0 aliphatic carbocycles. The Morgan fingerprint density at radius 1 is 1.23 bits per heavy atom. The van der Waals surface area contributed by atoms with Gasteiger partial charge in [-0.2, -0.15) is 0 Å². The van der Waals surface area contributed by atoms with E-state index in [1.807, 2.05) is 24.3 Å². The summed E-state index contributed by atoms with van der Waals surface area (Å²) in [5, 5.41) is 0. The fraction of sp³-hybridized carbons (Fsp3) is 0.273. The molecular formula is C11H12ClN. The summed E-state index contributed by atoms with van der Waals surface area (Å²) in [5.74, 6) is 6.56. The molecule has 2 heteroatoms. The quantitative estimate of drug-likeness (QED) is 0.565. The van der Waals surface area contributed by atoms with Crippen molar-refractivity contribution < 1.29 is 0 Å². The highest BCUT2D eigenvalue weighted by Gasteiger charge is 1.88. The Kier molecular flexibility index (Phi) is 4.39. The van der Waals surface area contributed by atoms with E-state index < -0.39 is 0 Å². The zero-order valence-corrected chi connectivity index (χ0v) is 8.14. The lowest BCUT2D eigenvalue weighted by molar-refractivity contribution is 1.03. The Morgan fingerprint density at radius 2 is 1.92 bits per heavy atom. The molecule has 0 amide bonds. The summed E-state index contributed by atoms with van der Waals surface area (Å²) in [6, 6.07) is 7.92. The highest BCUT2D eigenvalue weighted by Crippen LogP contribution is 2.05. The van der Waals surface area contributed by atoms with Crippen molar-refractivity contribution in [1.29, 1.82) is 0 Å². The first-order valence-electron chi connectivity index (χ1n) is 4.20. The smallest absolute Gasteiger partial charge is 0.0474 e. The van der Waals surface area contributed by atoms with Crippen molar-refractivity contribution in [2.45, 2.75) is 12.3 Å². The first-order valence-corrected chi connectivity index (χ1v) is 4.74. The molecule has 2 N–H and O–H groups in total. The van der Waals surface area contributed by atoms with Gasteiger partial charge in [0, 0.05) is 24.4 Å². The highest BCUT2D eigenvalue weighted by molar-refractivity contribution is 6.17. The molecule has 0 aliphatic heterocycles. The SMILES string of the molecule is NCCC#Cc1ccc(CCl)cc1. The fourth-order valence-corrected chi connectivity index (χ4v) is 1.09. The molecule has 1 rings (SSSR count). The van der Waals surface area contributed by atoms with Crippen molar-refractivity contribution in [2.24, 2.45) is 5.73 Å². The third-order valence-electron chi connectivity index (χ3n) is 1.61. The van der Waals surface area contributed by atoms with E-state index in [0.717, 1.165) is 17.5 Å². The number of hydrogen-bond acceptors (Lipinski definition) is 1. The van der Waals surface area contributed by atoms with Gasteiger partial charge < -0.3 is 5.73 Å². The molecular weight excluding hydrogens is 182 g/mol. The van der Waals surface area contributed by atoms with Crippen molar-refractivity contribution in [3.63, 3.8) is 0 Å². The van der Waals surface area contributed by atoms with Crippen LogP contribution in [0.25, 0.3) is 0 Å². The van der Waals surface area contributed by atoms with Crippen LogP contribution in [0.1, 0.15) is 17.5 Å². The zero-order chi connectivity index (χ0) is 9.52. The molecule has 0 aromatic heterocycles. The molecule has 0 aliphatic rings. The lowest BCUT2D eigenvalue weighted by Crippen LogP contribution is -1.95. The minimum absolute atomic E-state index is 0.552. The Labute approximate surface area is 83.9 Å². The van der Waals surface area contributed by atoms with Crippen molar-refractivity contribution >= 4 is 11.6 Å². The molecule has 0 atom stereocenters. The van der Waals surface area contributed by atoms with Crippen LogP contribution in [-0.4, -0.2) is 6.54 Å². The van der Waals surface area contributed by atoms with E-state index in [1.165, 1.54) is 0 Å². The molecule has 68 valence electrons. The average Bonchev–Trinajstić information content (AvgIpc) is 2.19. The minimum atomic E-state index is 0.552. The van der Waals surface area contributed by atoms with E-state index in [1.54, 1.807) is 0 Å². The average molecular weight is 194 g/mol. The van der Waals surface area contributed by atoms with Gasteiger partial charge in [0.1, 0.15) is 0 Å². The topological polar surface area (TPSA) is 26.0 Å². The zero-order valence-electron chi connectivity index (χ0n) is 7.39. The lowest BCUT2D eigenvalue weighted by atomic mass is 10.1. The summed E-state index contributed by atoms with van der Waals surface area (Å²) in [6.45, 7) is 0.618. The molecule has 0 saturated heterocycles. The van der Waals surface area contributed by atoms with E-state index in [-0.39, 0.29) is 0 Å². The van der Waals surface area contributed by atoms with Crippen LogP contribution in [0.5, 0.6) is 0 Å². The molecule has 1 aromatic rings. The molecule has 0 spiro atoms. The molecule has 0 fully saturated rings. The maximum atomic E-state index is 5.65. The molecule has 0 saturated carbocycles. The van der Waals surface area contributed by atoms with Gasteiger partial charge in [0.2, 0.25) is 0 Å². The maximum absolute atomic E-state index is 5.65. The summed E-state index contributed by atoms with van der Waals surface area (Å²) < 4.78 is 0. The van der Waals surface area contributed by atoms with Gasteiger partial charge in [-0.15, -0.1) is 11.6 Å². The van der Waals surface area contributed by atoms with Gasteiger partial charge in [-0.1, -0.05) is 24.0 Å². The molecule has 1 nitrogen and oxygen atoms in total. The number of alkyl halides is 1. The van der Waals surface area contributed by atoms with Crippen LogP contribution in [0.15, 0.2) is 24.3 Å². The Bertz CT molecular complexity index is 305. The summed E-state index contributed by atoms with van der Waals surface area (Å²) >= 11 is 5.65. The third-order valence-corrected chi connectivity index (χ3v) is 1.92. The first kappa shape index (κ1) is 10.1. The molecule has 0 bridgehead atoms. The summed E-state index contributed by atoms with van der Waals surface area (Å²) in [7, 11) is 0. The van der Waals surface area contributed by atoms with Crippen molar-refractivity contribution in [3.8, 4) is 11.8 Å². The minimum Gasteiger partial charge on any atom is -0.330 e. The second kappa shape index (κ2) is 5.64. The predicted octanol–water partition coefficient (Wildman–Crippen LogP) is 2.13. The molecule has 0 heterocycles. The van der Waals surface area contributed by atoms with E-state index in [9.17, 15) is 0 Å². The number of rotatable bonds is 2. The van der Waals surface area contributed by atoms with Crippen LogP contribution in [0.2, 0.25) is 0 Å². The maximum Gasteiger partial charge on any atom is 0.0474 e. The Morgan fingerprint density at radius 3 is 2.46 bits per heavy atom. The molecule has 0 radical (unpaired) electrons. The van der Waals surface area contributed by atoms with Gasteiger partial charge in [-0.3, -0.25) is 0 Å². The van der Waals surface area contributed by atoms with Crippen molar-refractivity contribution in [3.05, 3.63) is 35.4 Å². The van der Waals surface area contributed by atoms with Gasteiger partial charge >= 0.3 is 0 Å². The van der Waals surface area contributed by atoms with Crippen LogP contribution in [-0.2, 0) is 5.88 Å². The lowest BCUT2D eigenvalue weighted by Gasteiger charge is -1.93. The highest BCUT2D eigenvalue weighted by atomic mass is 35.5. The van der Waals surface area contributed by atoms with Crippen molar-refractivity contribution in [1.82, 2.24) is 0 Å². The molecule has 0 unspecified atom stereocenters. The predicted molar refractivity (Wildman–Crippen MR) is 56.5 cm³/mol. The first-order chi connectivity index (χ1) is 6.36. The van der Waals surface area contributed by atoms with Crippen LogP contribution in [0, 0.1) is 11.8 Å². The van der Waals surface area contributed by atoms with Crippen LogP contribution >= 0.6 is 11.6 Å². The standard InChI is InChI=1S/C11H12ClN/c12-9-11-6-4-10(5-7-11)3-1-2-8-13/h4-7H,2,8-9,13H2. The van der Waals surface area contributed by atoms with Crippen LogP contribution in [0.4, 0.5) is 0 Å². The van der Waals surface area contributed by atoms with E-state index >= 15 is 0 Å². The largest absolute Gasteiger partial charge is 0.330 e. The van der Waals surface area contributed by atoms with Gasteiger partial charge in [-0.25, -0.2) is 0 Å². The summed E-state index contributed by atoms with van der Waals surface area (Å²) in [5.41, 5.74) is 7.45. The summed E-state index contributed by atoms with van der Waals surface area (Å²) in [6.07, 6.45) is 0.747.